The van der Waals surface area contributed by atoms with Crippen molar-refractivity contribution in [3.05, 3.63) is 58.5 Å². The molecule has 0 saturated heterocycles. The third-order valence-corrected chi connectivity index (χ3v) is 2.39. The second kappa shape index (κ2) is 4.65. The zero-order chi connectivity index (χ0) is 12.3. The maximum absolute atomic E-state index is 11.6. The first kappa shape index (κ1) is 11.1. The first-order valence-electron chi connectivity index (χ1n) is 5.09. The fourth-order valence-corrected chi connectivity index (χ4v) is 1.60. The Balaban J connectivity index is 2.62. The predicted octanol–water partition coefficient (Wildman–Crippen LogP) is 1.83. The quantitative estimate of drug-likeness (QED) is 0.799. The maximum atomic E-state index is 11.6. The Bertz CT molecular complexity index is 587. The van der Waals surface area contributed by atoms with Crippen molar-refractivity contribution in [3.8, 4) is 11.1 Å². The molecule has 0 radical (unpaired) electrons. The molecule has 2 aromatic rings. The van der Waals surface area contributed by atoms with E-state index in [4.69, 9.17) is 0 Å². The van der Waals surface area contributed by atoms with Crippen LogP contribution in [0.3, 0.4) is 0 Å². The van der Waals surface area contributed by atoms with Gasteiger partial charge in [0.15, 0.2) is 0 Å². The minimum atomic E-state index is -0.554. The number of benzene rings is 1. The number of hydrogen-bond acceptors (Lipinski definition) is 3. The highest BCUT2D eigenvalue weighted by molar-refractivity contribution is 5.95. The Morgan fingerprint density at radius 2 is 1.82 bits per heavy atom. The number of carbonyl (C=O) groups is 1. The van der Waals surface area contributed by atoms with E-state index in [2.05, 4.69) is 9.72 Å². The SMILES string of the molecule is COC(=O)c1[nH]c(=O)ccc1-c1ccccc1. The number of methoxy groups -OCH3 is 1. The third-order valence-electron chi connectivity index (χ3n) is 2.39. The van der Waals surface area contributed by atoms with Gasteiger partial charge in [0.05, 0.1) is 7.11 Å². The molecule has 4 nitrogen and oxygen atoms in total. The van der Waals surface area contributed by atoms with Gasteiger partial charge in [-0.2, -0.15) is 0 Å². The van der Waals surface area contributed by atoms with Crippen LogP contribution in [0.4, 0.5) is 0 Å². The van der Waals surface area contributed by atoms with Crippen LogP contribution >= 0.6 is 0 Å². The first-order chi connectivity index (χ1) is 8.22. The van der Waals surface area contributed by atoms with E-state index >= 15 is 0 Å². The molecule has 4 heteroatoms. The van der Waals surface area contributed by atoms with E-state index in [-0.39, 0.29) is 11.3 Å². The second-order valence-corrected chi connectivity index (χ2v) is 3.47. The Morgan fingerprint density at radius 1 is 1.12 bits per heavy atom. The summed E-state index contributed by atoms with van der Waals surface area (Å²) in [6.07, 6.45) is 0. The van der Waals surface area contributed by atoms with Crippen molar-refractivity contribution in [3.63, 3.8) is 0 Å². The van der Waals surface area contributed by atoms with Crippen LogP contribution in [0.2, 0.25) is 0 Å². The largest absolute Gasteiger partial charge is 0.464 e. The van der Waals surface area contributed by atoms with Crippen LogP contribution in [0, 0.1) is 0 Å². The van der Waals surface area contributed by atoms with E-state index in [0.717, 1.165) is 5.56 Å². The number of aromatic nitrogens is 1. The van der Waals surface area contributed by atoms with Gasteiger partial charge >= 0.3 is 5.97 Å². The van der Waals surface area contributed by atoms with Crippen molar-refractivity contribution in [2.24, 2.45) is 0 Å². The van der Waals surface area contributed by atoms with Gasteiger partial charge < -0.3 is 9.72 Å². The summed E-state index contributed by atoms with van der Waals surface area (Å²) < 4.78 is 4.64. The van der Waals surface area contributed by atoms with E-state index in [0.29, 0.717) is 5.56 Å². The summed E-state index contributed by atoms with van der Waals surface area (Å²) in [6.45, 7) is 0. The fourth-order valence-electron chi connectivity index (χ4n) is 1.60. The Hall–Kier alpha value is -2.36. The average molecular weight is 229 g/mol. The number of esters is 1. The maximum Gasteiger partial charge on any atom is 0.355 e. The van der Waals surface area contributed by atoms with Gasteiger partial charge in [-0.15, -0.1) is 0 Å². The number of H-pyrrole nitrogens is 1. The molecule has 17 heavy (non-hydrogen) atoms. The monoisotopic (exact) mass is 229 g/mol. The molecular weight excluding hydrogens is 218 g/mol. The molecule has 0 saturated carbocycles. The van der Waals surface area contributed by atoms with Gasteiger partial charge in [-0.3, -0.25) is 4.79 Å². The molecule has 1 aromatic carbocycles. The molecular formula is C13H11NO3. The highest BCUT2D eigenvalue weighted by Gasteiger charge is 2.13. The van der Waals surface area contributed by atoms with E-state index < -0.39 is 5.97 Å². The summed E-state index contributed by atoms with van der Waals surface area (Å²) in [6, 6.07) is 12.3. The van der Waals surface area contributed by atoms with Gasteiger partial charge in [-0.05, 0) is 11.6 Å². The molecule has 0 aliphatic heterocycles. The number of rotatable bonds is 2. The van der Waals surface area contributed by atoms with Gasteiger partial charge in [0.25, 0.3) is 0 Å². The van der Waals surface area contributed by atoms with Crippen LogP contribution in [0.1, 0.15) is 10.5 Å². The van der Waals surface area contributed by atoms with Crippen molar-refractivity contribution in [1.82, 2.24) is 4.98 Å². The number of hydrogen-bond donors (Lipinski definition) is 1. The number of aromatic amines is 1. The lowest BCUT2D eigenvalue weighted by molar-refractivity contribution is 0.0594. The average Bonchev–Trinajstić information content (AvgIpc) is 2.38. The minimum absolute atomic E-state index is 0.172. The molecule has 86 valence electrons. The van der Waals surface area contributed by atoms with Crippen LogP contribution in [0.15, 0.2) is 47.3 Å². The van der Waals surface area contributed by atoms with Gasteiger partial charge in [-0.1, -0.05) is 30.3 Å². The van der Waals surface area contributed by atoms with E-state index in [9.17, 15) is 9.59 Å². The second-order valence-electron chi connectivity index (χ2n) is 3.47. The number of nitrogens with one attached hydrogen (secondary N) is 1. The molecule has 0 aliphatic carbocycles. The molecule has 1 N–H and O–H groups in total. The smallest absolute Gasteiger partial charge is 0.355 e. The first-order valence-corrected chi connectivity index (χ1v) is 5.09. The fraction of sp³-hybridized carbons (Fsp3) is 0.0769. The van der Waals surface area contributed by atoms with Crippen molar-refractivity contribution in [1.29, 1.82) is 0 Å². The standard InChI is InChI=1S/C13H11NO3/c1-17-13(16)12-10(7-8-11(15)14-12)9-5-3-2-4-6-9/h2-8H,1H3,(H,14,15). The molecule has 1 heterocycles. The summed E-state index contributed by atoms with van der Waals surface area (Å²) in [4.78, 5) is 25.3. The van der Waals surface area contributed by atoms with Gasteiger partial charge in [0, 0.05) is 11.6 Å². The van der Waals surface area contributed by atoms with E-state index in [1.165, 1.54) is 13.2 Å². The number of carbonyl (C=O) groups excluding carboxylic acids is 1. The van der Waals surface area contributed by atoms with Crippen LogP contribution in [0.5, 0.6) is 0 Å². The van der Waals surface area contributed by atoms with Crippen LogP contribution in [-0.4, -0.2) is 18.1 Å². The molecule has 0 amide bonds. The summed E-state index contributed by atoms with van der Waals surface area (Å²) in [5.41, 5.74) is 1.34. The summed E-state index contributed by atoms with van der Waals surface area (Å²) in [7, 11) is 1.28. The van der Waals surface area contributed by atoms with Gasteiger partial charge in [0.1, 0.15) is 5.69 Å². The van der Waals surface area contributed by atoms with Crippen molar-refractivity contribution < 1.29 is 9.53 Å². The van der Waals surface area contributed by atoms with Crippen LogP contribution < -0.4 is 5.56 Å². The highest BCUT2D eigenvalue weighted by atomic mass is 16.5. The predicted molar refractivity (Wildman–Crippen MR) is 63.8 cm³/mol. The van der Waals surface area contributed by atoms with Crippen molar-refractivity contribution >= 4 is 5.97 Å². The molecule has 0 unspecified atom stereocenters. The molecule has 0 bridgehead atoms. The zero-order valence-corrected chi connectivity index (χ0v) is 9.27. The lowest BCUT2D eigenvalue weighted by Crippen LogP contribution is -2.14. The van der Waals surface area contributed by atoms with Crippen LogP contribution in [-0.2, 0) is 4.74 Å². The van der Waals surface area contributed by atoms with E-state index in [1.54, 1.807) is 6.07 Å². The van der Waals surface area contributed by atoms with Gasteiger partial charge in [-0.25, -0.2) is 4.79 Å². The summed E-state index contributed by atoms with van der Waals surface area (Å²) in [5.74, 6) is -0.554. The van der Waals surface area contributed by atoms with E-state index in [1.807, 2.05) is 30.3 Å². The lowest BCUT2D eigenvalue weighted by Gasteiger charge is -2.06. The topological polar surface area (TPSA) is 59.2 Å². The minimum Gasteiger partial charge on any atom is -0.464 e. The summed E-state index contributed by atoms with van der Waals surface area (Å²) >= 11 is 0. The number of ether oxygens (including phenoxy) is 1. The Kier molecular flexibility index (Phi) is 3.05. The third kappa shape index (κ3) is 2.25. The molecule has 2 rings (SSSR count). The molecule has 0 fully saturated rings. The highest BCUT2D eigenvalue weighted by Crippen LogP contribution is 2.21. The normalized spacial score (nSPS) is 9.94. The Morgan fingerprint density at radius 3 is 2.47 bits per heavy atom. The molecule has 0 spiro atoms. The molecule has 0 atom stereocenters. The molecule has 0 aliphatic rings. The van der Waals surface area contributed by atoms with Crippen molar-refractivity contribution in [2.45, 2.75) is 0 Å². The Labute approximate surface area is 97.9 Å². The van der Waals surface area contributed by atoms with Gasteiger partial charge in [0.2, 0.25) is 5.56 Å². The van der Waals surface area contributed by atoms with Crippen LogP contribution in [0.25, 0.3) is 11.1 Å². The zero-order valence-electron chi connectivity index (χ0n) is 9.27. The number of pyridine rings is 1. The lowest BCUT2D eigenvalue weighted by atomic mass is 10.0. The summed E-state index contributed by atoms with van der Waals surface area (Å²) in [5, 5.41) is 0. The van der Waals surface area contributed by atoms with Crippen molar-refractivity contribution in [2.75, 3.05) is 7.11 Å². The molecule has 1 aromatic heterocycles.